The highest BCUT2D eigenvalue weighted by molar-refractivity contribution is 5.62. The molecule has 1 aliphatic rings. The SMILES string of the molecule is Cc1nc(Nc2cccc([N+](=O)[O-])c2)cc(N2CCN(C)CC2)n1. The molecule has 126 valence electrons. The predicted octanol–water partition coefficient (Wildman–Crippen LogP) is 2.19. The molecule has 0 atom stereocenters. The number of nitro groups is 1. The van der Waals surface area contributed by atoms with E-state index >= 15 is 0 Å². The number of nitrogens with zero attached hydrogens (tertiary/aromatic N) is 5. The van der Waals surface area contributed by atoms with Crippen LogP contribution in [0.2, 0.25) is 0 Å². The third-order valence-corrected chi connectivity index (χ3v) is 3.98. The Hall–Kier alpha value is -2.74. The molecular weight excluding hydrogens is 308 g/mol. The number of hydrogen-bond donors (Lipinski definition) is 1. The quantitative estimate of drug-likeness (QED) is 0.680. The van der Waals surface area contributed by atoms with Crippen molar-refractivity contribution in [2.45, 2.75) is 6.92 Å². The summed E-state index contributed by atoms with van der Waals surface area (Å²) in [6, 6.07) is 8.27. The van der Waals surface area contributed by atoms with Crippen LogP contribution in [0.15, 0.2) is 30.3 Å². The second-order valence-corrected chi connectivity index (χ2v) is 5.88. The Kier molecular flexibility index (Phi) is 4.57. The maximum Gasteiger partial charge on any atom is 0.271 e. The third kappa shape index (κ3) is 3.77. The lowest BCUT2D eigenvalue weighted by atomic mass is 10.3. The molecule has 0 bridgehead atoms. The Labute approximate surface area is 140 Å². The van der Waals surface area contributed by atoms with Crippen molar-refractivity contribution in [1.82, 2.24) is 14.9 Å². The number of non-ortho nitro benzene ring substituents is 1. The number of hydrogen-bond acceptors (Lipinski definition) is 7. The van der Waals surface area contributed by atoms with E-state index in [2.05, 4.69) is 32.1 Å². The van der Waals surface area contributed by atoms with Crippen LogP contribution in [0, 0.1) is 17.0 Å². The van der Waals surface area contributed by atoms with Crippen molar-refractivity contribution in [2.75, 3.05) is 43.4 Å². The molecule has 0 saturated carbocycles. The molecule has 24 heavy (non-hydrogen) atoms. The molecular formula is C16H20N6O2. The molecule has 8 nitrogen and oxygen atoms in total. The van der Waals surface area contributed by atoms with Crippen molar-refractivity contribution in [2.24, 2.45) is 0 Å². The highest BCUT2D eigenvalue weighted by Gasteiger charge is 2.16. The van der Waals surface area contributed by atoms with Gasteiger partial charge in [-0.1, -0.05) is 6.07 Å². The fourth-order valence-electron chi connectivity index (χ4n) is 2.66. The number of likely N-dealkylation sites (N-methyl/N-ethyl adjacent to an activating group) is 1. The van der Waals surface area contributed by atoms with Crippen LogP contribution in [0.4, 0.5) is 23.0 Å². The second-order valence-electron chi connectivity index (χ2n) is 5.88. The maximum absolute atomic E-state index is 10.9. The second kappa shape index (κ2) is 6.79. The van der Waals surface area contributed by atoms with Crippen LogP contribution in [0.25, 0.3) is 0 Å². The van der Waals surface area contributed by atoms with E-state index in [-0.39, 0.29) is 5.69 Å². The van der Waals surface area contributed by atoms with Crippen LogP contribution >= 0.6 is 0 Å². The van der Waals surface area contributed by atoms with Gasteiger partial charge in [0.1, 0.15) is 17.5 Å². The molecule has 2 aromatic rings. The molecule has 0 aliphatic carbocycles. The van der Waals surface area contributed by atoms with Gasteiger partial charge in [-0.15, -0.1) is 0 Å². The van der Waals surface area contributed by atoms with Crippen molar-refractivity contribution in [3.8, 4) is 0 Å². The molecule has 1 fully saturated rings. The molecule has 2 heterocycles. The standard InChI is InChI=1S/C16H20N6O2/c1-12-17-15(19-13-4-3-5-14(10-13)22(23)24)11-16(18-12)21-8-6-20(2)7-9-21/h3-5,10-11H,6-9H2,1-2H3,(H,17,18,19). The summed E-state index contributed by atoms with van der Waals surface area (Å²) in [7, 11) is 2.11. The monoisotopic (exact) mass is 328 g/mol. The molecule has 1 N–H and O–H groups in total. The van der Waals surface area contributed by atoms with Gasteiger partial charge in [0, 0.05) is 50.1 Å². The first-order valence-electron chi connectivity index (χ1n) is 7.82. The van der Waals surface area contributed by atoms with Gasteiger partial charge in [-0.25, -0.2) is 9.97 Å². The minimum Gasteiger partial charge on any atom is -0.354 e. The number of aryl methyl sites for hydroxylation is 1. The molecule has 1 saturated heterocycles. The van der Waals surface area contributed by atoms with E-state index in [1.165, 1.54) is 12.1 Å². The van der Waals surface area contributed by atoms with Crippen molar-refractivity contribution in [1.29, 1.82) is 0 Å². The largest absolute Gasteiger partial charge is 0.354 e. The molecule has 0 radical (unpaired) electrons. The minimum atomic E-state index is -0.411. The number of anilines is 3. The molecule has 8 heteroatoms. The van der Waals surface area contributed by atoms with Gasteiger partial charge in [-0.05, 0) is 20.0 Å². The van der Waals surface area contributed by atoms with Crippen LogP contribution in [0.1, 0.15) is 5.82 Å². The predicted molar refractivity (Wildman–Crippen MR) is 92.9 cm³/mol. The highest BCUT2D eigenvalue weighted by atomic mass is 16.6. The van der Waals surface area contributed by atoms with E-state index in [1.54, 1.807) is 12.1 Å². The van der Waals surface area contributed by atoms with Crippen LogP contribution in [-0.4, -0.2) is 53.0 Å². The zero-order chi connectivity index (χ0) is 17.1. The Morgan fingerprint density at radius 3 is 2.62 bits per heavy atom. The van der Waals surface area contributed by atoms with E-state index in [1.807, 2.05) is 13.0 Å². The smallest absolute Gasteiger partial charge is 0.271 e. The number of piperazine rings is 1. The summed E-state index contributed by atoms with van der Waals surface area (Å²) in [5.74, 6) is 2.18. The summed E-state index contributed by atoms with van der Waals surface area (Å²) in [6.45, 7) is 5.68. The van der Waals surface area contributed by atoms with E-state index in [0.717, 1.165) is 32.0 Å². The van der Waals surface area contributed by atoms with E-state index in [9.17, 15) is 10.1 Å². The third-order valence-electron chi connectivity index (χ3n) is 3.98. The summed E-state index contributed by atoms with van der Waals surface area (Å²) >= 11 is 0. The zero-order valence-corrected chi connectivity index (χ0v) is 13.8. The van der Waals surface area contributed by atoms with Gasteiger partial charge in [0.05, 0.1) is 4.92 Å². The first-order chi connectivity index (χ1) is 11.5. The average Bonchev–Trinajstić information content (AvgIpc) is 2.55. The minimum absolute atomic E-state index is 0.0464. The van der Waals surface area contributed by atoms with Gasteiger partial charge in [0.2, 0.25) is 0 Å². The van der Waals surface area contributed by atoms with E-state index in [0.29, 0.717) is 17.3 Å². The topological polar surface area (TPSA) is 87.4 Å². The van der Waals surface area contributed by atoms with Crippen molar-refractivity contribution >= 4 is 23.0 Å². The Balaban J connectivity index is 1.81. The fraction of sp³-hybridized carbons (Fsp3) is 0.375. The normalized spacial score (nSPS) is 15.3. The van der Waals surface area contributed by atoms with Gasteiger partial charge in [0.15, 0.2) is 0 Å². The lowest BCUT2D eigenvalue weighted by Crippen LogP contribution is -2.44. The van der Waals surface area contributed by atoms with Crippen molar-refractivity contribution < 1.29 is 4.92 Å². The first-order valence-corrected chi connectivity index (χ1v) is 7.82. The Morgan fingerprint density at radius 2 is 1.92 bits per heavy atom. The van der Waals surface area contributed by atoms with Gasteiger partial charge < -0.3 is 15.1 Å². The molecule has 1 aliphatic heterocycles. The van der Waals surface area contributed by atoms with Crippen molar-refractivity contribution in [3.63, 3.8) is 0 Å². The summed E-state index contributed by atoms with van der Waals surface area (Å²) < 4.78 is 0. The van der Waals surface area contributed by atoms with Crippen LogP contribution in [-0.2, 0) is 0 Å². The van der Waals surface area contributed by atoms with Gasteiger partial charge in [-0.2, -0.15) is 0 Å². The highest BCUT2D eigenvalue weighted by Crippen LogP contribution is 2.23. The molecule has 1 aromatic heterocycles. The first kappa shape index (κ1) is 16.1. The van der Waals surface area contributed by atoms with E-state index in [4.69, 9.17) is 0 Å². The number of nitrogens with one attached hydrogen (secondary N) is 1. The van der Waals surface area contributed by atoms with Crippen molar-refractivity contribution in [3.05, 3.63) is 46.3 Å². The van der Waals surface area contributed by atoms with Gasteiger partial charge >= 0.3 is 0 Å². The van der Waals surface area contributed by atoms with Gasteiger partial charge in [0.25, 0.3) is 5.69 Å². The number of rotatable bonds is 4. The van der Waals surface area contributed by atoms with E-state index < -0.39 is 4.92 Å². The zero-order valence-electron chi connectivity index (χ0n) is 13.8. The number of nitro benzene ring substituents is 1. The lowest BCUT2D eigenvalue weighted by Gasteiger charge is -2.33. The van der Waals surface area contributed by atoms with Crippen LogP contribution in [0.3, 0.4) is 0 Å². The molecule has 0 spiro atoms. The summed E-state index contributed by atoms with van der Waals surface area (Å²) in [6.07, 6.45) is 0. The summed E-state index contributed by atoms with van der Waals surface area (Å²) in [4.78, 5) is 23.9. The maximum atomic E-state index is 10.9. The fourth-order valence-corrected chi connectivity index (χ4v) is 2.66. The number of benzene rings is 1. The molecule has 0 unspecified atom stereocenters. The average molecular weight is 328 g/mol. The van der Waals surface area contributed by atoms with Crippen LogP contribution in [0.5, 0.6) is 0 Å². The Bertz CT molecular complexity index is 743. The van der Waals surface area contributed by atoms with Gasteiger partial charge in [-0.3, -0.25) is 10.1 Å². The Morgan fingerprint density at radius 1 is 1.17 bits per heavy atom. The lowest BCUT2D eigenvalue weighted by molar-refractivity contribution is -0.384. The molecule has 3 rings (SSSR count). The van der Waals surface area contributed by atoms with Crippen LogP contribution < -0.4 is 10.2 Å². The molecule has 0 amide bonds. The summed E-state index contributed by atoms with van der Waals surface area (Å²) in [5, 5.41) is 14.0. The summed E-state index contributed by atoms with van der Waals surface area (Å²) in [5.41, 5.74) is 0.677. The molecule has 1 aromatic carbocycles. The number of aromatic nitrogens is 2.